The molecule has 6 aromatic carbocycles. The van der Waals surface area contributed by atoms with E-state index >= 15 is 0 Å². The summed E-state index contributed by atoms with van der Waals surface area (Å²) >= 11 is 0. The molecular weight excluding hydrogens is 550 g/mol. The molecule has 2 heterocycles. The summed E-state index contributed by atoms with van der Waals surface area (Å²) in [5.74, 6) is 0.987. The molecule has 4 nitrogen and oxygen atoms in total. The highest BCUT2D eigenvalue weighted by molar-refractivity contribution is 6.18. The second-order valence-electron chi connectivity index (χ2n) is 12.0. The number of nitrogens with zero attached hydrogens (tertiary/aromatic N) is 3. The Morgan fingerprint density at radius 1 is 0.733 bits per heavy atom. The summed E-state index contributed by atoms with van der Waals surface area (Å²) in [6, 6.07) is 45.3. The second kappa shape index (κ2) is 8.59. The number of imidazole rings is 1. The fraction of sp³-hybridized carbons (Fsp3) is 0.0732. The van der Waals surface area contributed by atoms with E-state index in [4.69, 9.17) is 9.40 Å². The van der Waals surface area contributed by atoms with E-state index in [9.17, 15) is 5.26 Å². The maximum atomic E-state index is 10.1. The molecule has 0 amide bonds. The van der Waals surface area contributed by atoms with Crippen molar-refractivity contribution < 1.29 is 4.42 Å². The van der Waals surface area contributed by atoms with Crippen molar-refractivity contribution in [3.63, 3.8) is 0 Å². The lowest BCUT2D eigenvalue weighted by Gasteiger charge is -2.31. The van der Waals surface area contributed by atoms with Gasteiger partial charge in [0.15, 0.2) is 5.58 Å². The van der Waals surface area contributed by atoms with Crippen LogP contribution in [0, 0.1) is 11.3 Å². The number of fused-ring (bicyclic) bond motifs is 15. The molecule has 4 heteroatoms. The van der Waals surface area contributed by atoms with Gasteiger partial charge in [0, 0.05) is 17.2 Å². The minimum Gasteiger partial charge on any atom is -0.454 e. The van der Waals surface area contributed by atoms with E-state index in [-0.39, 0.29) is 0 Å². The van der Waals surface area contributed by atoms with E-state index < -0.39 is 5.41 Å². The van der Waals surface area contributed by atoms with Gasteiger partial charge in [-0.25, -0.2) is 4.98 Å². The van der Waals surface area contributed by atoms with Gasteiger partial charge in [-0.2, -0.15) is 5.26 Å². The van der Waals surface area contributed by atoms with Crippen LogP contribution in [0.2, 0.25) is 0 Å². The van der Waals surface area contributed by atoms with Crippen LogP contribution in [0.3, 0.4) is 0 Å². The third-order valence-corrected chi connectivity index (χ3v) is 9.99. The lowest BCUT2D eigenvalue weighted by atomic mass is 9.70. The first kappa shape index (κ1) is 24.5. The predicted octanol–water partition coefficient (Wildman–Crippen LogP) is 9.70. The maximum Gasteiger partial charge on any atom is 0.160 e. The Morgan fingerprint density at radius 3 is 2.29 bits per heavy atom. The van der Waals surface area contributed by atoms with Gasteiger partial charge < -0.3 is 4.42 Å². The van der Waals surface area contributed by atoms with Crippen LogP contribution < -0.4 is 0 Å². The van der Waals surface area contributed by atoms with Crippen molar-refractivity contribution in [3.05, 3.63) is 155 Å². The Kier molecular flexibility index (Phi) is 4.68. The van der Waals surface area contributed by atoms with Crippen molar-refractivity contribution in [2.75, 3.05) is 0 Å². The second-order valence-corrected chi connectivity index (χ2v) is 12.0. The number of rotatable bonds is 2. The quantitative estimate of drug-likeness (QED) is 0.206. The molecule has 8 aromatic rings. The van der Waals surface area contributed by atoms with Gasteiger partial charge in [0.05, 0.1) is 33.8 Å². The Morgan fingerprint density at radius 2 is 1.44 bits per heavy atom. The van der Waals surface area contributed by atoms with Crippen LogP contribution in [0.1, 0.15) is 40.6 Å². The molecule has 1 unspecified atom stereocenters. The van der Waals surface area contributed by atoms with Gasteiger partial charge in [0.2, 0.25) is 0 Å². The highest BCUT2D eigenvalue weighted by atomic mass is 16.3. The molecule has 0 aliphatic heterocycles. The van der Waals surface area contributed by atoms with Gasteiger partial charge in [-0.05, 0) is 80.9 Å². The lowest BCUT2D eigenvalue weighted by Crippen LogP contribution is -2.26. The standard InChI is InChI=1S/C41H25N3O/c1-2-37-43-33-16-8-9-17-34(33)44(37)35-22-32-38(39-28-13-5-10-18-36(28)45-40(35)39)27-12-4-7-15-30(27)41(32)29-14-6-3-11-25(29)26-20-19-24(23-42)21-31(26)41/h3-22H,2H2,1H3. The third-order valence-electron chi connectivity index (χ3n) is 9.99. The van der Waals surface area contributed by atoms with Crippen molar-refractivity contribution in [2.24, 2.45) is 0 Å². The number of aromatic nitrogens is 2. The van der Waals surface area contributed by atoms with Crippen molar-refractivity contribution in [1.82, 2.24) is 9.55 Å². The number of furan rings is 1. The van der Waals surface area contributed by atoms with Crippen LogP contribution in [0.15, 0.2) is 126 Å². The monoisotopic (exact) mass is 575 g/mol. The topological polar surface area (TPSA) is 54.8 Å². The Balaban J connectivity index is 1.47. The third kappa shape index (κ3) is 2.89. The van der Waals surface area contributed by atoms with Crippen LogP contribution in [0.4, 0.5) is 0 Å². The molecule has 2 aliphatic carbocycles. The highest BCUT2D eigenvalue weighted by Gasteiger charge is 2.53. The first-order valence-corrected chi connectivity index (χ1v) is 15.4. The van der Waals surface area contributed by atoms with Crippen molar-refractivity contribution >= 4 is 33.0 Å². The first-order valence-electron chi connectivity index (χ1n) is 15.4. The molecule has 0 bridgehead atoms. The first-order chi connectivity index (χ1) is 22.2. The summed E-state index contributed by atoms with van der Waals surface area (Å²) in [6.07, 6.45) is 0.774. The molecule has 2 aromatic heterocycles. The number of para-hydroxylation sites is 3. The van der Waals surface area contributed by atoms with E-state index in [1.807, 2.05) is 18.2 Å². The van der Waals surface area contributed by atoms with E-state index in [1.54, 1.807) is 0 Å². The van der Waals surface area contributed by atoms with Gasteiger partial charge in [-0.15, -0.1) is 0 Å². The number of hydrogen-bond donors (Lipinski definition) is 0. The Bertz CT molecular complexity index is 2610. The van der Waals surface area contributed by atoms with Crippen molar-refractivity contribution in [3.8, 4) is 34.0 Å². The molecule has 0 radical (unpaired) electrons. The van der Waals surface area contributed by atoms with Crippen LogP contribution in [-0.2, 0) is 11.8 Å². The van der Waals surface area contributed by atoms with Gasteiger partial charge in [0.25, 0.3) is 0 Å². The number of nitriles is 1. The van der Waals surface area contributed by atoms with Crippen LogP contribution in [0.5, 0.6) is 0 Å². The van der Waals surface area contributed by atoms with E-state index in [0.29, 0.717) is 5.56 Å². The maximum absolute atomic E-state index is 10.1. The Labute approximate surface area is 259 Å². The molecule has 0 N–H and O–H groups in total. The van der Waals surface area contributed by atoms with Gasteiger partial charge in [-0.1, -0.05) is 91.9 Å². The number of aryl methyl sites for hydroxylation is 1. The van der Waals surface area contributed by atoms with E-state index in [2.05, 4.69) is 121 Å². The molecule has 0 saturated carbocycles. The SMILES string of the molecule is CCc1nc2ccccc2n1-c1cc2c(c3c1oc1ccccc13)-c1ccccc1C21c2ccccc2-c2ccc(C#N)cc21. The summed E-state index contributed by atoms with van der Waals surface area (Å²) in [5, 5.41) is 12.3. The summed E-state index contributed by atoms with van der Waals surface area (Å²) in [4.78, 5) is 5.07. The average molecular weight is 576 g/mol. The zero-order valence-corrected chi connectivity index (χ0v) is 24.5. The molecule has 210 valence electrons. The molecule has 1 atom stereocenters. The molecule has 10 rings (SSSR count). The van der Waals surface area contributed by atoms with E-state index in [0.717, 1.165) is 56.5 Å². The van der Waals surface area contributed by atoms with Crippen molar-refractivity contribution in [2.45, 2.75) is 18.8 Å². The normalized spacial score (nSPS) is 15.8. The average Bonchev–Trinajstić information content (AvgIpc) is 3.82. The summed E-state index contributed by atoms with van der Waals surface area (Å²) in [7, 11) is 0. The van der Waals surface area contributed by atoms with Crippen LogP contribution in [-0.4, -0.2) is 9.55 Å². The van der Waals surface area contributed by atoms with Crippen molar-refractivity contribution in [1.29, 1.82) is 5.26 Å². The fourth-order valence-electron chi connectivity index (χ4n) is 8.31. The van der Waals surface area contributed by atoms with Gasteiger partial charge in [0.1, 0.15) is 11.4 Å². The Hall–Kier alpha value is -5.92. The van der Waals surface area contributed by atoms with Crippen LogP contribution >= 0.6 is 0 Å². The number of hydrogen-bond acceptors (Lipinski definition) is 3. The van der Waals surface area contributed by atoms with Crippen LogP contribution in [0.25, 0.3) is 60.9 Å². The summed E-state index contributed by atoms with van der Waals surface area (Å²) < 4.78 is 9.13. The molecule has 1 spiro atoms. The fourth-order valence-corrected chi connectivity index (χ4v) is 8.31. The summed E-state index contributed by atoms with van der Waals surface area (Å²) in [6.45, 7) is 2.16. The van der Waals surface area contributed by atoms with Gasteiger partial charge >= 0.3 is 0 Å². The summed E-state index contributed by atoms with van der Waals surface area (Å²) in [5.41, 5.74) is 14.4. The lowest BCUT2D eigenvalue weighted by molar-refractivity contribution is 0.664. The number of benzene rings is 6. The molecule has 2 aliphatic rings. The molecule has 0 fully saturated rings. The van der Waals surface area contributed by atoms with E-state index in [1.165, 1.54) is 38.9 Å². The minimum atomic E-state index is -0.602. The zero-order chi connectivity index (χ0) is 29.9. The smallest absolute Gasteiger partial charge is 0.160 e. The molecular formula is C41H25N3O. The molecule has 45 heavy (non-hydrogen) atoms. The highest BCUT2D eigenvalue weighted by Crippen LogP contribution is 2.64. The minimum absolute atomic E-state index is 0.602. The predicted molar refractivity (Wildman–Crippen MR) is 179 cm³/mol. The molecule has 0 saturated heterocycles. The largest absolute Gasteiger partial charge is 0.454 e. The zero-order valence-electron chi connectivity index (χ0n) is 24.5. The van der Waals surface area contributed by atoms with Gasteiger partial charge in [-0.3, -0.25) is 4.57 Å².